The van der Waals surface area contributed by atoms with Crippen LogP contribution in [0.4, 0.5) is 0 Å². The average molecular weight is 352 g/mol. The highest BCUT2D eigenvalue weighted by molar-refractivity contribution is 5.89. The second-order valence-corrected chi connectivity index (χ2v) is 6.01. The van der Waals surface area contributed by atoms with Gasteiger partial charge in [0.05, 0.1) is 12.2 Å². The highest BCUT2D eigenvalue weighted by Gasteiger charge is 2.11. The van der Waals surface area contributed by atoms with E-state index < -0.39 is 5.63 Å². The molecule has 0 N–H and O–H groups in total. The van der Waals surface area contributed by atoms with Crippen LogP contribution in [0.25, 0.3) is 11.0 Å². The number of esters is 1. The summed E-state index contributed by atoms with van der Waals surface area (Å²) in [6.07, 6.45) is 0. The van der Waals surface area contributed by atoms with Gasteiger partial charge in [-0.2, -0.15) is 0 Å². The summed E-state index contributed by atoms with van der Waals surface area (Å²) in [6.45, 7) is 6.23. The molecule has 0 amide bonds. The number of hydrogen-bond donors (Lipinski definition) is 0. The maximum absolute atomic E-state index is 11.9. The monoisotopic (exact) mass is 352 g/mol. The van der Waals surface area contributed by atoms with E-state index in [1.54, 1.807) is 31.2 Å². The van der Waals surface area contributed by atoms with Crippen molar-refractivity contribution in [2.45, 2.75) is 27.4 Å². The summed E-state index contributed by atoms with van der Waals surface area (Å²) < 4.78 is 16.1. The number of aryl methyl sites for hydroxylation is 2. The van der Waals surface area contributed by atoms with Gasteiger partial charge < -0.3 is 13.9 Å². The van der Waals surface area contributed by atoms with Crippen molar-refractivity contribution in [3.8, 4) is 5.75 Å². The van der Waals surface area contributed by atoms with E-state index in [0.29, 0.717) is 23.5 Å². The van der Waals surface area contributed by atoms with Gasteiger partial charge >= 0.3 is 11.6 Å². The van der Waals surface area contributed by atoms with E-state index in [4.69, 9.17) is 13.9 Å². The maximum atomic E-state index is 11.9. The zero-order valence-corrected chi connectivity index (χ0v) is 15.0. The number of fused-ring (bicyclic) bond motifs is 1. The van der Waals surface area contributed by atoms with Crippen LogP contribution in [0.3, 0.4) is 0 Å². The lowest BCUT2D eigenvalue weighted by atomic mass is 10.0. The Bertz CT molecular complexity index is 999. The van der Waals surface area contributed by atoms with Gasteiger partial charge in [0.1, 0.15) is 17.9 Å². The highest BCUT2D eigenvalue weighted by Crippen LogP contribution is 2.24. The SMILES string of the molecule is CCOC(=O)c1ccc(OCc2cc(=O)oc3c(C)c(C)ccc23)cc1. The van der Waals surface area contributed by atoms with Crippen LogP contribution >= 0.6 is 0 Å². The molecule has 0 fully saturated rings. The molecule has 5 nitrogen and oxygen atoms in total. The van der Waals surface area contributed by atoms with Crippen LogP contribution in [0.2, 0.25) is 0 Å². The third kappa shape index (κ3) is 3.61. The molecule has 1 heterocycles. The second kappa shape index (κ2) is 7.44. The molecular weight excluding hydrogens is 332 g/mol. The van der Waals surface area contributed by atoms with Crippen LogP contribution in [0.5, 0.6) is 5.75 Å². The predicted molar refractivity (Wildman–Crippen MR) is 98.7 cm³/mol. The molecule has 134 valence electrons. The van der Waals surface area contributed by atoms with E-state index in [-0.39, 0.29) is 12.6 Å². The summed E-state index contributed by atoms with van der Waals surface area (Å²) in [5.74, 6) is 0.236. The van der Waals surface area contributed by atoms with Gasteiger partial charge in [0.15, 0.2) is 0 Å². The summed E-state index contributed by atoms with van der Waals surface area (Å²) in [4.78, 5) is 23.6. The van der Waals surface area contributed by atoms with Crippen molar-refractivity contribution in [1.29, 1.82) is 0 Å². The standard InChI is InChI=1S/C21H20O5/c1-4-24-21(23)15-6-8-17(9-7-15)25-12-16-11-19(22)26-20-14(3)13(2)5-10-18(16)20/h5-11H,4,12H2,1-3H3. The van der Waals surface area contributed by atoms with Crippen LogP contribution in [0.15, 0.2) is 51.7 Å². The molecule has 0 saturated carbocycles. The van der Waals surface area contributed by atoms with E-state index in [2.05, 4.69) is 0 Å². The summed E-state index contributed by atoms with van der Waals surface area (Å²) in [6, 6.07) is 12.1. The zero-order chi connectivity index (χ0) is 18.7. The number of rotatable bonds is 5. The minimum atomic E-state index is -0.401. The normalized spacial score (nSPS) is 10.7. The van der Waals surface area contributed by atoms with Crippen molar-refractivity contribution in [3.63, 3.8) is 0 Å². The van der Waals surface area contributed by atoms with Crippen LogP contribution in [-0.2, 0) is 11.3 Å². The Morgan fingerprint density at radius 2 is 1.81 bits per heavy atom. The van der Waals surface area contributed by atoms with Gasteiger partial charge in [-0.25, -0.2) is 9.59 Å². The van der Waals surface area contributed by atoms with Crippen LogP contribution in [0.1, 0.15) is 34.0 Å². The van der Waals surface area contributed by atoms with Crippen molar-refractivity contribution in [3.05, 3.63) is 75.1 Å². The van der Waals surface area contributed by atoms with E-state index in [1.807, 2.05) is 26.0 Å². The maximum Gasteiger partial charge on any atom is 0.338 e. The Labute approximate surface area is 151 Å². The summed E-state index contributed by atoms with van der Waals surface area (Å²) in [5, 5.41) is 0.857. The molecule has 0 aliphatic heterocycles. The van der Waals surface area contributed by atoms with Crippen molar-refractivity contribution in [1.82, 2.24) is 0 Å². The van der Waals surface area contributed by atoms with E-state index >= 15 is 0 Å². The Morgan fingerprint density at radius 1 is 1.08 bits per heavy atom. The molecular formula is C21H20O5. The molecule has 0 aliphatic rings. The fourth-order valence-electron chi connectivity index (χ4n) is 2.71. The van der Waals surface area contributed by atoms with E-state index in [0.717, 1.165) is 22.1 Å². The van der Waals surface area contributed by atoms with Crippen LogP contribution in [-0.4, -0.2) is 12.6 Å². The van der Waals surface area contributed by atoms with Gasteiger partial charge in [0.25, 0.3) is 0 Å². The first kappa shape index (κ1) is 17.7. The van der Waals surface area contributed by atoms with Gasteiger partial charge in [0.2, 0.25) is 0 Å². The van der Waals surface area contributed by atoms with Gasteiger partial charge in [-0.05, 0) is 56.2 Å². The fourth-order valence-corrected chi connectivity index (χ4v) is 2.71. The first-order valence-electron chi connectivity index (χ1n) is 8.42. The van der Waals surface area contributed by atoms with Crippen molar-refractivity contribution >= 4 is 16.9 Å². The van der Waals surface area contributed by atoms with Gasteiger partial charge in [-0.1, -0.05) is 12.1 Å². The summed E-state index contributed by atoms with van der Waals surface area (Å²) in [7, 11) is 0. The molecule has 0 spiro atoms. The molecule has 0 aliphatic carbocycles. The Morgan fingerprint density at radius 3 is 2.50 bits per heavy atom. The topological polar surface area (TPSA) is 65.7 Å². The molecule has 0 unspecified atom stereocenters. The average Bonchev–Trinajstić information content (AvgIpc) is 2.64. The number of carbonyl (C=O) groups excluding carboxylic acids is 1. The lowest BCUT2D eigenvalue weighted by Crippen LogP contribution is -2.06. The van der Waals surface area contributed by atoms with Crippen LogP contribution < -0.4 is 10.4 Å². The highest BCUT2D eigenvalue weighted by atomic mass is 16.5. The largest absolute Gasteiger partial charge is 0.489 e. The quantitative estimate of drug-likeness (QED) is 0.509. The van der Waals surface area contributed by atoms with E-state index in [9.17, 15) is 9.59 Å². The first-order valence-corrected chi connectivity index (χ1v) is 8.42. The Hall–Kier alpha value is -3.08. The zero-order valence-electron chi connectivity index (χ0n) is 15.0. The smallest absolute Gasteiger partial charge is 0.338 e. The van der Waals surface area contributed by atoms with Gasteiger partial charge in [0, 0.05) is 17.0 Å². The number of hydrogen-bond acceptors (Lipinski definition) is 5. The minimum Gasteiger partial charge on any atom is -0.489 e. The lowest BCUT2D eigenvalue weighted by Gasteiger charge is -2.11. The molecule has 0 saturated heterocycles. The molecule has 1 aromatic heterocycles. The predicted octanol–water partition coefficient (Wildman–Crippen LogP) is 4.17. The number of benzene rings is 2. The third-order valence-corrected chi connectivity index (χ3v) is 4.28. The molecule has 2 aromatic carbocycles. The molecule has 3 aromatic rings. The lowest BCUT2D eigenvalue weighted by molar-refractivity contribution is 0.0526. The molecule has 3 rings (SSSR count). The fraction of sp³-hybridized carbons (Fsp3) is 0.238. The summed E-state index contributed by atoms with van der Waals surface area (Å²) in [5.41, 5.74) is 3.43. The minimum absolute atomic E-state index is 0.226. The molecule has 0 bridgehead atoms. The van der Waals surface area contributed by atoms with Crippen molar-refractivity contribution in [2.75, 3.05) is 6.61 Å². The van der Waals surface area contributed by atoms with Crippen molar-refractivity contribution in [2.24, 2.45) is 0 Å². The second-order valence-electron chi connectivity index (χ2n) is 6.01. The summed E-state index contributed by atoms with van der Waals surface area (Å²) >= 11 is 0. The van der Waals surface area contributed by atoms with Gasteiger partial charge in [-0.15, -0.1) is 0 Å². The van der Waals surface area contributed by atoms with Crippen LogP contribution in [0, 0.1) is 13.8 Å². The molecule has 5 heteroatoms. The Balaban J connectivity index is 1.83. The third-order valence-electron chi connectivity index (χ3n) is 4.28. The van der Waals surface area contributed by atoms with Gasteiger partial charge in [-0.3, -0.25) is 0 Å². The molecule has 26 heavy (non-hydrogen) atoms. The Kier molecular flexibility index (Phi) is 5.07. The number of ether oxygens (including phenoxy) is 2. The number of carbonyl (C=O) groups is 1. The first-order chi connectivity index (χ1) is 12.5. The molecule has 0 atom stereocenters. The van der Waals surface area contributed by atoms with Crippen molar-refractivity contribution < 1.29 is 18.7 Å². The van der Waals surface area contributed by atoms with E-state index in [1.165, 1.54) is 6.07 Å². The molecule has 0 radical (unpaired) electrons.